The predicted molar refractivity (Wildman–Crippen MR) is 147 cm³/mol. The van der Waals surface area contributed by atoms with Gasteiger partial charge >= 0.3 is 5.97 Å². The SMILES string of the molecule is CC.CCC1(CC)CN(c2ccccc2)c2cc(C)c(O/C=C/C(=O)OC(C)(C)C)cc2S(=O)(=O)C1. The van der Waals surface area contributed by atoms with Gasteiger partial charge in [-0.05, 0) is 64.3 Å². The maximum Gasteiger partial charge on any atom is 0.334 e. The number of hydrogen-bond acceptors (Lipinski definition) is 6. The quantitative estimate of drug-likeness (QED) is 0.235. The zero-order chi connectivity index (χ0) is 27.1. The van der Waals surface area contributed by atoms with Gasteiger partial charge in [0.15, 0.2) is 9.84 Å². The van der Waals surface area contributed by atoms with E-state index in [1.54, 1.807) is 26.8 Å². The number of para-hydroxylation sites is 1. The van der Waals surface area contributed by atoms with Crippen molar-refractivity contribution in [2.75, 3.05) is 17.2 Å². The molecule has 1 aliphatic rings. The van der Waals surface area contributed by atoms with Crippen LogP contribution in [0.3, 0.4) is 0 Å². The third-order valence-corrected chi connectivity index (χ3v) is 8.24. The second kappa shape index (κ2) is 12.0. The van der Waals surface area contributed by atoms with Crippen LogP contribution < -0.4 is 9.64 Å². The molecular formula is C29H41NO5S. The second-order valence-electron chi connectivity index (χ2n) is 9.93. The Morgan fingerprint density at radius 3 is 2.25 bits per heavy atom. The van der Waals surface area contributed by atoms with Crippen molar-refractivity contribution >= 4 is 27.2 Å². The van der Waals surface area contributed by atoms with Crippen molar-refractivity contribution in [3.8, 4) is 5.75 Å². The summed E-state index contributed by atoms with van der Waals surface area (Å²) >= 11 is 0. The molecule has 7 heteroatoms. The molecule has 0 bridgehead atoms. The number of ether oxygens (including phenoxy) is 2. The van der Waals surface area contributed by atoms with Gasteiger partial charge in [-0.15, -0.1) is 0 Å². The molecule has 36 heavy (non-hydrogen) atoms. The monoisotopic (exact) mass is 515 g/mol. The summed E-state index contributed by atoms with van der Waals surface area (Å²) in [5.74, 6) is -0.0753. The minimum Gasteiger partial charge on any atom is -0.464 e. The summed E-state index contributed by atoms with van der Waals surface area (Å²) in [5, 5.41) is 0. The first kappa shape index (κ1) is 29.4. The molecule has 1 aliphatic heterocycles. The lowest BCUT2D eigenvalue weighted by atomic mass is 9.83. The predicted octanol–water partition coefficient (Wildman–Crippen LogP) is 6.99. The number of anilines is 2. The number of esters is 1. The fraction of sp³-hybridized carbons (Fsp3) is 0.483. The summed E-state index contributed by atoms with van der Waals surface area (Å²) in [5.41, 5.74) is 1.38. The molecule has 0 aliphatic carbocycles. The van der Waals surface area contributed by atoms with Crippen LogP contribution in [0, 0.1) is 12.3 Å². The molecule has 2 aromatic carbocycles. The molecule has 0 spiro atoms. The van der Waals surface area contributed by atoms with Crippen molar-refractivity contribution in [1.29, 1.82) is 0 Å². The van der Waals surface area contributed by atoms with Crippen LogP contribution >= 0.6 is 0 Å². The van der Waals surface area contributed by atoms with Gasteiger partial charge in [-0.1, -0.05) is 45.9 Å². The fourth-order valence-corrected chi connectivity index (χ4v) is 6.44. The van der Waals surface area contributed by atoms with E-state index < -0.39 is 21.4 Å². The van der Waals surface area contributed by atoms with E-state index in [0.29, 0.717) is 18.0 Å². The molecule has 198 valence electrons. The molecule has 0 unspecified atom stereocenters. The van der Waals surface area contributed by atoms with Gasteiger partial charge in [0.05, 0.1) is 28.7 Å². The highest BCUT2D eigenvalue weighted by Crippen LogP contribution is 2.45. The molecular weight excluding hydrogens is 474 g/mol. The van der Waals surface area contributed by atoms with Gasteiger partial charge in [-0.25, -0.2) is 13.2 Å². The molecule has 1 heterocycles. The smallest absolute Gasteiger partial charge is 0.334 e. The number of rotatable bonds is 6. The van der Waals surface area contributed by atoms with E-state index in [0.717, 1.165) is 24.1 Å². The van der Waals surface area contributed by atoms with Crippen LogP contribution in [0.1, 0.15) is 66.9 Å². The first-order valence-electron chi connectivity index (χ1n) is 12.7. The fourth-order valence-electron chi connectivity index (χ4n) is 4.20. The highest BCUT2D eigenvalue weighted by molar-refractivity contribution is 7.91. The molecule has 2 aromatic rings. The van der Waals surface area contributed by atoms with Gasteiger partial charge < -0.3 is 14.4 Å². The molecule has 0 saturated carbocycles. The van der Waals surface area contributed by atoms with Gasteiger partial charge in [0.1, 0.15) is 11.4 Å². The maximum absolute atomic E-state index is 13.6. The molecule has 0 saturated heterocycles. The standard InChI is InChI=1S/C27H35NO5S.C2H6/c1-7-27(8-2)18-28(21-12-10-9-11-13-21)22-16-20(3)23(17-24(22)34(30,31)19-27)32-15-14-25(29)33-26(4,5)6;1-2/h9-17H,7-8,18-19H2,1-6H3;1-2H3/b15-14+;. The van der Waals surface area contributed by atoms with Crippen molar-refractivity contribution in [3.05, 3.63) is 60.4 Å². The molecule has 0 amide bonds. The van der Waals surface area contributed by atoms with E-state index in [2.05, 4.69) is 18.7 Å². The Balaban J connectivity index is 0.00000222. The zero-order valence-electron chi connectivity index (χ0n) is 22.9. The van der Waals surface area contributed by atoms with E-state index in [4.69, 9.17) is 9.47 Å². The van der Waals surface area contributed by atoms with Gasteiger partial charge in [0.25, 0.3) is 0 Å². The maximum atomic E-state index is 13.6. The number of benzene rings is 2. The number of sulfone groups is 1. The lowest BCUT2D eigenvalue weighted by Gasteiger charge is -2.35. The van der Waals surface area contributed by atoms with Gasteiger partial charge in [-0.2, -0.15) is 0 Å². The third-order valence-electron chi connectivity index (χ3n) is 6.25. The summed E-state index contributed by atoms with van der Waals surface area (Å²) in [4.78, 5) is 14.3. The summed E-state index contributed by atoms with van der Waals surface area (Å²) in [7, 11) is -3.59. The van der Waals surface area contributed by atoms with Gasteiger partial charge in [-0.3, -0.25) is 0 Å². The molecule has 3 rings (SSSR count). The third kappa shape index (κ3) is 7.12. The van der Waals surface area contributed by atoms with Crippen molar-refractivity contribution in [2.24, 2.45) is 5.41 Å². The minimum atomic E-state index is -3.59. The van der Waals surface area contributed by atoms with Gasteiger partial charge in [0, 0.05) is 23.7 Å². The van der Waals surface area contributed by atoms with Crippen LogP contribution in [0.5, 0.6) is 5.75 Å². The van der Waals surface area contributed by atoms with Crippen molar-refractivity contribution in [3.63, 3.8) is 0 Å². The molecule has 0 radical (unpaired) electrons. The van der Waals surface area contributed by atoms with Gasteiger partial charge in [0.2, 0.25) is 0 Å². The van der Waals surface area contributed by atoms with E-state index in [1.807, 2.05) is 57.2 Å². The molecule has 6 nitrogen and oxygen atoms in total. The van der Waals surface area contributed by atoms with Crippen LogP contribution in [0.15, 0.2) is 59.7 Å². The van der Waals surface area contributed by atoms with Crippen molar-refractivity contribution in [2.45, 2.75) is 78.7 Å². The van der Waals surface area contributed by atoms with E-state index in [1.165, 1.54) is 12.3 Å². The number of hydrogen-bond donors (Lipinski definition) is 0. The Kier molecular flexibility index (Phi) is 9.78. The Labute approximate surface area is 217 Å². The summed E-state index contributed by atoms with van der Waals surface area (Å²) in [6.07, 6.45) is 3.94. The largest absolute Gasteiger partial charge is 0.464 e. The molecule has 0 N–H and O–H groups in total. The first-order chi connectivity index (χ1) is 16.9. The minimum absolute atomic E-state index is 0.0690. The van der Waals surface area contributed by atoms with Crippen molar-refractivity contribution in [1.82, 2.24) is 0 Å². The van der Waals surface area contributed by atoms with Crippen LogP contribution in [0.4, 0.5) is 11.4 Å². The normalized spacial score (nSPS) is 16.4. The lowest BCUT2D eigenvalue weighted by Crippen LogP contribution is -2.37. The average Bonchev–Trinajstić information content (AvgIpc) is 2.92. The van der Waals surface area contributed by atoms with E-state index in [-0.39, 0.29) is 16.1 Å². The number of carbonyl (C=O) groups is 1. The molecule has 0 atom stereocenters. The van der Waals surface area contributed by atoms with Crippen molar-refractivity contribution < 1.29 is 22.7 Å². The zero-order valence-corrected chi connectivity index (χ0v) is 23.7. The van der Waals surface area contributed by atoms with Crippen LogP contribution in [0.25, 0.3) is 0 Å². The Morgan fingerprint density at radius 2 is 1.69 bits per heavy atom. The molecule has 0 aromatic heterocycles. The Morgan fingerprint density at radius 1 is 1.08 bits per heavy atom. The van der Waals surface area contributed by atoms with E-state index in [9.17, 15) is 13.2 Å². The first-order valence-corrected chi connectivity index (χ1v) is 14.3. The second-order valence-corrected chi connectivity index (χ2v) is 11.9. The molecule has 0 fully saturated rings. The number of carbonyl (C=O) groups excluding carboxylic acids is 1. The lowest BCUT2D eigenvalue weighted by molar-refractivity contribution is -0.148. The van der Waals surface area contributed by atoms with Crippen LogP contribution in [0.2, 0.25) is 0 Å². The summed E-state index contributed by atoms with van der Waals surface area (Å²) < 4.78 is 38.2. The highest BCUT2D eigenvalue weighted by Gasteiger charge is 2.41. The van der Waals surface area contributed by atoms with E-state index >= 15 is 0 Å². The Hall–Kier alpha value is -2.80. The van der Waals surface area contributed by atoms with Crippen LogP contribution in [-0.4, -0.2) is 32.3 Å². The summed E-state index contributed by atoms with van der Waals surface area (Å²) in [6.45, 7) is 15.9. The number of aryl methyl sites for hydroxylation is 1. The number of nitrogens with zero attached hydrogens (tertiary/aromatic N) is 1. The summed E-state index contributed by atoms with van der Waals surface area (Å²) in [6, 6.07) is 13.3. The van der Waals surface area contributed by atoms with Crippen LogP contribution in [-0.2, 0) is 19.4 Å². The highest BCUT2D eigenvalue weighted by atomic mass is 32.2. The topological polar surface area (TPSA) is 72.9 Å². The average molecular weight is 516 g/mol. The Bertz CT molecular complexity index is 1160. The number of fused-ring (bicyclic) bond motifs is 1.